The Kier molecular flexibility index (Phi) is 6.49. The van der Waals surface area contributed by atoms with Crippen molar-refractivity contribution in [1.29, 1.82) is 0 Å². The molecule has 4 nitrogen and oxygen atoms in total. The molecule has 3 rings (SSSR count). The van der Waals surface area contributed by atoms with E-state index >= 15 is 0 Å². The zero-order valence-electron chi connectivity index (χ0n) is 15.6. The number of benzene rings is 2. The topological polar surface area (TPSA) is 38.8 Å². The third kappa shape index (κ3) is 5.34. The maximum atomic E-state index is 12.9. The molecule has 2 aromatic carbocycles. The maximum absolute atomic E-state index is 12.9. The van der Waals surface area contributed by atoms with Crippen LogP contribution in [0.3, 0.4) is 0 Å². The molecule has 0 N–H and O–H groups in total. The predicted molar refractivity (Wildman–Crippen MR) is 108 cm³/mol. The highest BCUT2D eigenvalue weighted by atomic mass is 32.1. The van der Waals surface area contributed by atoms with Crippen molar-refractivity contribution in [3.8, 4) is 11.5 Å². The number of carbonyl (C=O) groups is 1. The lowest BCUT2D eigenvalue weighted by atomic mass is 10.2. The fraction of sp³-hybridized carbons (Fsp3) is 0.227. The van der Waals surface area contributed by atoms with E-state index in [0.717, 1.165) is 21.8 Å². The second kappa shape index (κ2) is 9.24. The van der Waals surface area contributed by atoms with Gasteiger partial charge < -0.3 is 14.4 Å². The first-order valence-corrected chi connectivity index (χ1v) is 9.65. The number of amides is 1. The summed E-state index contributed by atoms with van der Waals surface area (Å²) < 4.78 is 11.2. The van der Waals surface area contributed by atoms with Crippen LogP contribution in [0.5, 0.6) is 11.5 Å². The summed E-state index contributed by atoms with van der Waals surface area (Å²) in [5.41, 5.74) is 2.07. The number of ether oxygens (including phenoxy) is 2. The van der Waals surface area contributed by atoms with Crippen molar-refractivity contribution in [2.24, 2.45) is 0 Å². The maximum Gasteiger partial charge on any atom is 0.261 e. The number of aryl methyl sites for hydroxylation is 1. The minimum Gasteiger partial charge on any atom is -0.496 e. The van der Waals surface area contributed by atoms with Gasteiger partial charge in [0.15, 0.2) is 6.61 Å². The van der Waals surface area contributed by atoms with E-state index in [1.165, 1.54) is 0 Å². The Balaban J connectivity index is 1.73. The molecule has 1 amide bonds. The molecular formula is C22H23NO3S. The molecule has 3 aromatic rings. The van der Waals surface area contributed by atoms with Crippen LogP contribution in [0.25, 0.3) is 0 Å². The average Bonchev–Trinajstić information content (AvgIpc) is 3.19. The smallest absolute Gasteiger partial charge is 0.261 e. The molecule has 0 aliphatic carbocycles. The monoisotopic (exact) mass is 381 g/mol. The van der Waals surface area contributed by atoms with E-state index in [-0.39, 0.29) is 12.5 Å². The molecule has 0 aliphatic rings. The molecule has 1 heterocycles. The first-order chi connectivity index (χ1) is 13.2. The van der Waals surface area contributed by atoms with E-state index in [0.29, 0.717) is 18.8 Å². The van der Waals surface area contributed by atoms with Crippen molar-refractivity contribution >= 4 is 17.2 Å². The molecule has 0 fully saturated rings. The number of hydrogen-bond donors (Lipinski definition) is 0. The van der Waals surface area contributed by atoms with Gasteiger partial charge in [0.1, 0.15) is 11.5 Å². The average molecular weight is 381 g/mol. The second-order valence-electron chi connectivity index (χ2n) is 6.25. The number of methoxy groups -OCH3 is 1. The van der Waals surface area contributed by atoms with Crippen LogP contribution in [0.1, 0.15) is 16.0 Å². The number of hydrogen-bond acceptors (Lipinski definition) is 4. The lowest BCUT2D eigenvalue weighted by Gasteiger charge is -2.23. The molecule has 0 saturated carbocycles. The molecule has 27 heavy (non-hydrogen) atoms. The Morgan fingerprint density at radius 1 is 1.04 bits per heavy atom. The molecule has 0 atom stereocenters. The quantitative estimate of drug-likeness (QED) is 0.569. The van der Waals surface area contributed by atoms with Crippen molar-refractivity contribution in [3.63, 3.8) is 0 Å². The summed E-state index contributed by atoms with van der Waals surface area (Å²) in [5, 5.41) is 2.02. The van der Waals surface area contributed by atoms with E-state index in [9.17, 15) is 4.79 Å². The van der Waals surface area contributed by atoms with Crippen LogP contribution < -0.4 is 9.47 Å². The van der Waals surface area contributed by atoms with Gasteiger partial charge in [0, 0.05) is 17.0 Å². The SMILES string of the molecule is COc1ccccc1CN(Cc1cccs1)C(=O)COc1cccc(C)c1. The molecule has 0 saturated heterocycles. The molecule has 0 spiro atoms. The third-order valence-electron chi connectivity index (χ3n) is 4.19. The van der Waals surface area contributed by atoms with Gasteiger partial charge in [-0.25, -0.2) is 0 Å². The van der Waals surface area contributed by atoms with Gasteiger partial charge in [-0.05, 0) is 42.1 Å². The highest BCUT2D eigenvalue weighted by molar-refractivity contribution is 7.09. The van der Waals surface area contributed by atoms with Crippen LogP contribution >= 0.6 is 11.3 Å². The summed E-state index contributed by atoms with van der Waals surface area (Å²) in [6, 6.07) is 19.5. The number of thiophene rings is 1. The lowest BCUT2D eigenvalue weighted by Crippen LogP contribution is -2.34. The first kappa shape index (κ1) is 19.0. The number of para-hydroxylation sites is 1. The first-order valence-electron chi connectivity index (χ1n) is 8.77. The van der Waals surface area contributed by atoms with Gasteiger partial charge >= 0.3 is 0 Å². The van der Waals surface area contributed by atoms with Crippen molar-refractivity contribution < 1.29 is 14.3 Å². The summed E-state index contributed by atoms with van der Waals surface area (Å²) in [5.74, 6) is 1.42. The van der Waals surface area contributed by atoms with Crippen LogP contribution in [0.2, 0.25) is 0 Å². The van der Waals surface area contributed by atoms with Gasteiger partial charge in [0.05, 0.1) is 13.7 Å². The van der Waals surface area contributed by atoms with Crippen molar-refractivity contribution in [1.82, 2.24) is 4.90 Å². The fourth-order valence-electron chi connectivity index (χ4n) is 2.80. The molecule has 0 aliphatic heterocycles. The van der Waals surface area contributed by atoms with E-state index < -0.39 is 0 Å². The summed E-state index contributed by atoms with van der Waals surface area (Å²) in [7, 11) is 1.64. The summed E-state index contributed by atoms with van der Waals surface area (Å²) >= 11 is 1.64. The summed E-state index contributed by atoms with van der Waals surface area (Å²) in [4.78, 5) is 15.8. The van der Waals surface area contributed by atoms with Crippen LogP contribution in [0, 0.1) is 6.92 Å². The highest BCUT2D eigenvalue weighted by Crippen LogP contribution is 2.22. The van der Waals surface area contributed by atoms with Gasteiger partial charge in [0.2, 0.25) is 0 Å². The van der Waals surface area contributed by atoms with E-state index in [1.54, 1.807) is 23.3 Å². The Morgan fingerprint density at radius 2 is 1.89 bits per heavy atom. The van der Waals surface area contributed by atoms with Crippen LogP contribution in [-0.2, 0) is 17.9 Å². The lowest BCUT2D eigenvalue weighted by molar-refractivity contribution is -0.134. The second-order valence-corrected chi connectivity index (χ2v) is 7.28. The summed E-state index contributed by atoms with van der Waals surface area (Å²) in [6.45, 7) is 3.02. The largest absolute Gasteiger partial charge is 0.496 e. The Bertz CT molecular complexity index is 877. The molecular weight excluding hydrogens is 358 g/mol. The van der Waals surface area contributed by atoms with Gasteiger partial charge in [-0.3, -0.25) is 4.79 Å². The Labute approximate surface area is 164 Å². The molecule has 140 valence electrons. The zero-order valence-corrected chi connectivity index (χ0v) is 16.4. The fourth-order valence-corrected chi connectivity index (χ4v) is 3.52. The Morgan fingerprint density at radius 3 is 2.63 bits per heavy atom. The standard InChI is InChI=1S/C22H23NO3S/c1-17-7-5-9-19(13-17)26-16-22(24)23(15-20-10-6-12-27-20)14-18-8-3-4-11-21(18)25-2/h3-13H,14-16H2,1-2H3. The van der Waals surface area contributed by atoms with Crippen molar-refractivity contribution in [2.75, 3.05) is 13.7 Å². The van der Waals surface area contributed by atoms with Crippen LogP contribution in [-0.4, -0.2) is 24.5 Å². The van der Waals surface area contributed by atoms with Crippen molar-refractivity contribution in [2.45, 2.75) is 20.0 Å². The number of nitrogens with zero attached hydrogens (tertiary/aromatic N) is 1. The van der Waals surface area contributed by atoms with Gasteiger partial charge in [-0.15, -0.1) is 11.3 Å². The van der Waals surface area contributed by atoms with Gasteiger partial charge in [-0.1, -0.05) is 36.4 Å². The summed E-state index contributed by atoms with van der Waals surface area (Å²) in [6.07, 6.45) is 0. The van der Waals surface area contributed by atoms with Gasteiger partial charge in [0.25, 0.3) is 5.91 Å². The minimum absolute atomic E-state index is 0.00395. The highest BCUT2D eigenvalue weighted by Gasteiger charge is 2.18. The van der Waals surface area contributed by atoms with Gasteiger partial charge in [-0.2, -0.15) is 0 Å². The molecule has 0 radical (unpaired) electrons. The number of rotatable bonds is 8. The zero-order chi connectivity index (χ0) is 19.1. The minimum atomic E-state index is -0.0594. The third-order valence-corrected chi connectivity index (χ3v) is 5.05. The normalized spacial score (nSPS) is 10.4. The molecule has 0 unspecified atom stereocenters. The van der Waals surface area contributed by atoms with Crippen molar-refractivity contribution in [3.05, 3.63) is 82.0 Å². The van der Waals surface area contributed by atoms with Crippen LogP contribution in [0.4, 0.5) is 0 Å². The Hall–Kier alpha value is -2.79. The predicted octanol–water partition coefficient (Wildman–Crippen LogP) is 4.67. The van der Waals surface area contributed by atoms with Crippen LogP contribution in [0.15, 0.2) is 66.0 Å². The molecule has 5 heteroatoms. The van der Waals surface area contributed by atoms with E-state index in [1.807, 2.05) is 73.0 Å². The molecule has 1 aromatic heterocycles. The van der Waals surface area contributed by atoms with E-state index in [4.69, 9.17) is 9.47 Å². The number of carbonyl (C=O) groups excluding carboxylic acids is 1. The molecule has 0 bridgehead atoms. The van der Waals surface area contributed by atoms with E-state index in [2.05, 4.69) is 0 Å².